The van der Waals surface area contributed by atoms with E-state index in [1.807, 2.05) is 0 Å². The molecule has 0 spiro atoms. The Morgan fingerprint density at radius 2 is 2.14 bits per heavy atom. The number of hydroxylamine groups is 2. The number of nitrogens with zero attached hydrogens (tertiary/aromatic N) is 4. The van der Waals surface area contributed by atoms with Crippen LogP contribution in [0.2, 0.25) is 0 Å². The quantitative estimate of drug-likeness (QED) is 0.291. The van der Waals surface area contributed by atoms with Crippen LogP contribution >= 0.6 is 0 Å². The molecule has 2 amide bonds. The van der Waals surface area contributed by atoms with E-state index >= 15 is 0 Å². The summed E-state index contributed by atoms with van der Waals surface area (Å²) in [5, 5.41) is 7.69. The highest BCUT2D eigenvalue weighted by Gasteiger charge is 2.27. The van der Waals surface area contributed by atoms with Crippen LogP contribution in [-0.2, 0) is 19.5 Å². The maximum Gasteiger partial charge on any atom is 0.418 e. The smallest absolute Gasteiger partial charge is 0.364 e. The molecule has 0 aromatic carbocycles. The van der Waals surface area contributed by atoms with Gasteiger partial charge in [0.15, 0.2) is 0 Å². The Morgan fingerprint density at radius 1 is 1.46 bits per heavy atom. The summed E-state index contributed by atoms with van der Waals surface area (Å²) in [6, 6.07) is 0.642. The Labute approximate surface area is 162 Å². The van der Waals surface area contributed by atoms with Crippen molar-refractivity contribution in [3.05, 3.63) is 24.0 Å². The molecule has 1 saturated heterocycles. The molecule has 3 heterocycles. The summed E-state index contributed by atoms with van der Waals surface area (Å²) in [6.45, 7) is 3.19. The Kier molecular flexibility index (Phi) is 7.65. The average molecular weight is 416 g/mol. The standard InChI is InChI=1S/C11H15N5O6S.C4H9N/c1-14-5-8(15-3-2-10(13-15)11(12)18)4-9(6-14)16(7-17)22-23(19,20)21;1-2-4-5-3-1/h2-4,7,9H,5-6H2,1H3,(H2,12,18)(H,19,20,21);5H,1-4H2. The van der Waals surface area contributed by atoms with Gasteiger partial charge in [-0.25, -0.2) is 4.68 Å². The van der Waals surface area contributed by atoms with Gasteiger partial charge in [-0.2, -0.15) is 18.6 Å². The first-order valence-corrected chi connectivity index (χ1v) is 9.92. The van der Waals surface area contributed by atoms with Crippen LogP contribution in [0.25, 0.3) is 5.70 Å². The fourth-order valence-corrected chi connectivity index (χ4v) is 3.15. The van der Waals surface area contributed by atoms with Gasteiger partial charge in [-0.1, -0.05) is 0 Å². The van der Waals surface area contributed by atoms with Crippen molar-refractivity contribution in [2.45, 2.75) is 18.9 Å². The van der Waals surface area contributed by atoms with E-state index in [2.05, 4.69) is 14.7 Å². The third-order valence-electron chi connectivity index (χ3n) is 4.02. The first kappa shape index (κ1) is 22.0. The molecule has 4 N–H and O–H groups in total. The van der Waals surface area contributed by atoms with Crippen LogP contribution in [0.1, 0.15) is 23.3 Å². The summed E-state index contributed by atoms with van der Waals surface area (Å²) in [4.78, 5) is 23.9. The van der Waals surface area contributed by atoms with E-state index in [9.17, 15) is 18.0 Å². The lowest BCUT2D eigenvalue weighted by Crippen LogP contribution is -2.45. The molecule has 0 radical (unpaired) electrons. The SMILES string of the molecule is C1CCNC1.CN1CC(n2ccc(C(N)=O)n2)=CC(N(C=O)OS(=O)(=O)O)C1. The molecule has 1 aromatic heterocycles. The van der Waals surface area contributed by atoms with Gasteiger partial charge in [0, 0.05) is 19.3 Å². The first-order chi connectivity index (χ1) is 13.2. The normalized spacial score (nSPS) is 20.1. The lowest BCUT2D eigenvalue weighted by Gasteiger charge is -2.32. The van der Waals surface area contributed by atoms with Gasteiger partial charge >= 0.3 is 10.4 Å². The number of nitrogens with one attached hydrogen (secondary N) is 1. The fraction of sp³-hybridized carbons (Fsp3) is 0.533. The number of hydrogen-bond acceptors (Lipinski definition) is 8. The zero-order valence-electron chi connectivity index (χ0n) is 15.4. The van der Waals surface area contributed by atoms with Crippen LogP contribution in [-0.4, -0.2) is 84.3 Å². The number of likely N-dealkylation sites (N-methyl/N-ethyl adjacent to an activating group) is 1. The van der Waals surface area contributed by atoms with Crippen LogP contribution in [0.3, 0.4) is 0 Å². The predicted octanol–water partition coefficient (Wildman–Crippen LogP) is -1.30. The van der Waals surface area contributed by atoms with Gasteiger partial charge in [-0.3, -0.25) is 19.0 Å². The zero-order valence-corrected chi connectivity index (χ0v) is 16.2. The third-order valence-corrected chi connectivity index (χ3v) is 4.38. The molecule has 28 heavy (non-hydrogen) atoms. The molecule has 0 saturated carbocycles. The van der Waals surface area contributed by atoms with E-state index < -0.39 is 22.3 Å². The Bertz CT molecular complexity index is 811. The molecular weight excluding hydrogens is 392 g/mol. The van der Waals surface area contributed by atoms with E-state index in [1.54, 1.807) is 11.9 Å². The lowest BCUT2D eigenvalue weighted by atomic mass is 10.1. The largest absolute Gasteiger partial charge is 0.418 e. The molecule has 0 bridgehead atoms. The van der Waals surface area contributed by atoms with E-state index in [0.29, 0.717) is 17.3 Å². The monoisotopic (exact) mass is 416 g/mol. The van der Waals surface area contributed by atoms with Crippen molar-refractivity contribution >= 4 is 28.4 Å². The number of rotatable bonds is 6. The average Bonchev–Trinajstić information content (AvgIpc) is 3.32. The lowest BCUT2D eigenvalue weighted by molar-refractivity contribution is -0.148. The van der Waals surface area contributed by atoms with Crippen molar-refractivity contribution in [3.8, 4) is 0 Å². The highest BCUT2D eigenvalue weighted by Crippen LogP contribution is 2.17. The highest BCUT2D eigenvalue weighted by molar-refractivity contribution is 7.80. The van der Waals surface area contributed by atoms with Crippen LogP contribution in [0, 0.1) is 0 Å². The summed E-state index contributed by atoms with van der Waals surface area (Å²) in [5.41, 5.74) is 5.77. The number of amides is 2. The number of nitrogens with two attached hydrogens (primary N) is 1. The van der Waals surface area contributed by atoms with Crippen molar-refractivity contribution in [3.63, 3.8) is 0 Å². The molecule has 12 nitrogen and oxygen atoms in total. The molecule has 1 unspecified atom stereocenters. The number of primary amides is 1. The van der Waals surface area contributed by atoms with Crippen molar-refractivity contribution in [1.82, 2.24) is 25.1 Å². The Balaban J connectivity index is 0.000000485. The van der Waals surface area contributed by atoms with Gasteiger partial charge in [0.2, 0.25) is 6.41 Å². The molecular formula is C15H24N6O6S. The molecule has 2 aliphatic rings. The minimum atomic E-state index is -4.83. The first-order valence-electron chi connectivity index (χ1n) is 8.56. The van der Waals surface area contributed by atoms with Gasteiger partial charge in [-0.05, 0) is 45.1 Å². The molecule has 13 heteroatoms. The summed E-state index contributed by atoms with van der Waals surface area (Å²) in [6.07, 6.45) is 5.97. The number of hydrogen-bond donors (Lipinski definition) is 3. The number of carbonyl (C=O) groups excluding carboxylic acids is 2. The van der Waals surface area contributed by atoms with Crippen LogP contribution < -0.4 is 11.1 Å². The maximum atomic E-state index is 11.1. The molecule has 3 rings (SSSR count). The van der Waals surface area contributed by atoms with Gasteiger partial charge in [0.25, 0.3) is 5.91 Å². The molecule has 2 aliphatic heterocycles. The van der Waals surface area contributed by atoms with E-state index in [-0.39, 0.29) is 18.6 Å². The predicted molar refractivity (Wildman–Crippen MR) is 98.9 cm³/mol. The second-order valence-electron chi connectivity index (χ2n) is 6.36. The van der Waals surface area contributed by atoms with Gasteiger partial charge in [-0.15, -0.1) is 4.28 Å². The summed E-state index contributed by atoms with van der Waals surface area (Å²) in [5.74, 6) is -0.686. The molecule has 0 aliphatic carbocycles. The second-order valence-corrected chi connectivity index (χ2v) is 7.36. The summed E-state index contributed by atoms with van der Waals surface area (Å²) < 4.78 is 35.9. The minimum absolute atomic E-state index is 0.0668. The van der Waals surface area contributed by atoms with Crippen LogP contribution in [0.15, 0.2) is 18.3 Å². The summed E-state index contributed by atoms with van der Waals surface area (Å²) in [7, 11) is -3.10. The highest BCUT2D eigenvalue weighted by atomic mass is 32.3. The van der Waals surface area contributed by atoms with E-state index in [1.165, 1.54) is 49.0 Å². The molecule has 1 atom stereocenters. The minimum Gasteiger partial charge on any atom is -0.364 e. The molecule has 1 aromatic rings. The third kappa shape index (κ3) is 6.69. The topological polar surface area (TPSA) is 160 Å². The number of aromatic nitrogens is 2. The maximum absolute atomic E-state index is 11.1. The fourth-order valence-electron chi connectivity index (χ4n) is 2.79. The van der Waals surface area contributed by atoms with Crippen molar-refractivity contribution < 1.29 is 26.8 Å². The summed E-state index contributed by atoms with van der Waals surface area (Å²) >= 11 is 0. The van der Waals surface area contributed by atoms with Gasteiger partial charge in [0.05, 0.1) is 11.7 Å². The zero-order chi connectivity index (χ0) is 20.7. The van der Waals surface area contributed by atoms with Crippen molar-refractivity contribution in [1.29, 1.82) is 0 Å². The van der Waals surface area contributed by atoms with Gasteiger partial charge < -0.3 is 11.1 Å². The van der Waals surface area contributed by atoms with Gasteiger partial charge in [0.1, 0.15) is 5.69 Å². The van der Waals surface area contributed by atoms with E-state index in [4.69, 9.17) is 10.3 Å². The van der Waals surface area contributed by atoms with Crippen LogP contribution in [0.4, 0.5) is 0 Å². The second kappa shape index (κ2) is 9.75. The van der Waals surface area contributed by atoms with Crippen molar-refractivity contribution in [2.24, 2.45) is 5.73 Å². The van der Waals surface area contributed by atoms with Crippen LogP contribution in [0.5, 0.6) is 0 Å². The number of carbonyl (C=O) groups is 2. The molecule has 156 valence electrons. The Morgan fingerprint density at radius 3 is 2.61 bits per heavy atom. The molecule has 1 fully saturated rings. The Hall–Kier alpha value is -2.32. The van der Waals surface area contributed by atoms with E-state index in [0.717, 1.165) is 0 Å². The van der Waals surface area contributed by atoms with Crippen molar-refractivity contribution in [2.75, 3.05) is 33.2 Å².